The second-order valence-corrected chi connectivity index (χ2v) is 7.61. The van der Waals surface area contributed by atoms with Crippen LogP contribution in [0.3, 0.4) is 0 Å². The van der Waals surface area contributed by atoms with Gasteiger partial charge in [0.15, 0.2) is 0 Å². The summed E-state index contributed by atoms with van der Waals surface area (Å²) in [6, 6.07) is 1.57. The molecule has 1 aromatic heterocycles. The molecule has 0 fully saturated rings. The van der Waals surface area contributed by atoms with Gasteiger partial charge >= 0.3 is 0 Å². The second-order valence-electron chi connectivity index (χ2n) is 5.87. The van der Waals surface area contributed by atoms with E-state index in [1.807, 2.05) is 0 Å². The van der Waals surface area contributed by atoms with E-state index < -0.39 is 10.0 Å². The van der Waals surface area contributed by atoms with Crippen molar-refractivity contribution in [2.75, 3.05) is 13.6 Å². The van der Waals surface area contributed by atoms with Crippen molar-refractivity contribution in [3.63, 3.8) is 0 Å². The highest BCUT2D eigenvalue weighted by molar-refractivity contribution is 7.89. The minimum atomic E-state index is -3.48. The Morgan fingerprint density at radius 1 is 1.32 bits per heavy atom. The Balaban J connectivity index is 2.77. The standard InChI is InChI=1S/C13H24N2O3S/c1-10-12(8-11(18-10)9-14-5)19(16,17)15-7-6-13(2,3)4/h8,14-15H,6-7,9H2,1-5H3. The third-order valence-corrected chi connectivity index (χ3v) is 4.30. The zero-order chi connectivity index (χ0) is 14.7. The zero-order valence-corrected chi connectivity index (χ0v) is 13.1. The van der Waals surface area contributed by atoms with Crippen molar-refractivity contribution < 1.29 is 12.8 Å². The smallest absolute Gasteiger partial charge is 0.244 e. The van der Waals surface area contributed by atoms with Crippen molar-refractivity contribution in [1.82, 2.24) is 10.0 Å². The van der Waals surface area contributed by atoms with Crippen LogP contribution < -0.4 is 10.0 Å². The molecule has 2 N–H and O–H groups in total. The van der Waals surface area contributed by atoms with Crippen LogP contribution in [0.2, 0.25) is 0 Å². The summed E-state index contributed by atoms with van der Waals surface area (Å²) in [6.45, 7) is 8.84. The molecule has 1 aromatic rings. The molecule has 0 bridgehead atoms. The van der Waals surface area contributed by atoms with Crippen molar-refractivity contribution >= 4 is 10.0 Å². The van der Waals surface area contributed by atoms with Gasteiger partial charge in [-0.15, -0.1) is 0 Å². The first-order valence-corrected chi connectivity index (χ1v) is 7.87. The van der Waals surface area contributed by atoms with Gasteiger partial charge in [-0.05, 0) is 25.8 Å². The third kappa shape index (κ3) is 4.97. The van der Waals surface area contributed by atoms with Crippen LogP contribution in [0.1, 0.15) is 38.7 Å². The van der Waals surface area contributed by atoms with Crippen LogP contribution in [0, 0.1) is 12.3 Å². The van der Waals surface area contributed by atoms with Gasteiger partial charge in [0.25, 0.3) is 0 Å². The van der Waals surface area contributed by atoms with E-state index in [0.717, 1.165) is 6.42 Å². The van der Waals surface area contributed by atoms with Gasteiger partial charge in [-0.3, -0.25) is 0 Å². The lowest BCUT2D eigenvalue weighted by Crippen LogP contribution is -2.27. The van der Waals surface area contributed by atoms with Crippen LogP contribution in [0.15, 0.2) is 15.4 Å². The average molecular weight is 288 g/mol. The summed E-state index contributed by atoms with van der Waals surface area (Å²) in [6.07, 6.45) is 0.784. The molecule has 5 nitrogen and oxygen atoms in total. The molecule has 0 saturated heterocycles. The van der Waals surface area contributed by atoms with Crippen LogP contribution in [0.4, 0.5) is 0 Å². The van der Waals surface area contributed by atoms with Gasteiger partial charge in [0.05, 0.1) is 6.54 Å². The van der Waals surface area contributed by atoms with E-state index in [4.69, 9.17) is 4.42 Å². The molecule has 19 heavy (non-hydrogen) atoms. The van der Waals surface area contributed by atoms with Crippen LogP contribution in [0.5, 0.6) is 0 Å². The van der Waals surface area contributed by atoms with Gasteiger partial charge in [-0.2, -0.15) is 0 Å². The molecule has 0 aliphatic rings. The molecule has 0 aliphatic heterocycles. The van der Waals surface area contributed by atoms with Crippen molar-refractivity contribution in [3.8, 4) is 0 Å². The lowest BCUT2D eigenvalue weighted by molar-refractivity contribution is 0.378. The average Bonchev–Trinajstić information content (AvgIpc) is 2.58. The molecule has 6 heteroatoms. The van der Waals surface area contributed by atoms with E-state index in [9.17, 15) is 8.42 Å². The number of furan rings is 1. The third-order valence-electron chi connectivity index (χ3n) is 2.73. The molecule has 0 atom stereocenters. The summed E-state index contributed by atoms with van der Waals surface area (Å²) in [5, 5.41) is 2.93. The highest BCUT2D eigenvalue weighted by Crippen LogP contribution is 2.21. The van der Waals surface area contributed by atoms with E-state index in [2.05, 4.69) is 30.8 Å². The topological polar surface area (TPSA) is 71.3 Å². The maximum atomic E-state index is 12.2. The molecule has 1 heterocycles. The lowest BCUT2D eigenvalue weighted by Gasteiger charge is -2.17. The Morgan fingerprint density at radius 3 is 2.47 bits per heavy atom. The van der Waals surface area contributed by atoms with Gasteiger partial charge in [-0.1, -0.05) is 20.8 Å². The molecule has 0 aliphatic carbocycles. The normalized spacial score (nSPS) is 12.9. The summed E-state index contributed by atoms with van der Waals surface area (Å²) in [7, 11) is -1.70. The molecule has 0 amide bonds. The number of sulfonamides is 1. The van der Waals surface area contributed by atoms with Crippen LogP contribution in [-0.4, -0.2) is 22.0 Å². The number of rotatable bonds is 6. The van der Waals surface area contributed by atoms with Gasteiger partial charge in [0, 0.05) is 12.6 Å². The summed E-state index contributed by atoms with van der Waals surface area (Å²) in [5.74, 6) is 1.05. The highest BCUT2D eigenvalue weighted by atomic mass is 32.2. The molecule has 110 valence electrons. The first-order valence-electron chi connectivity index (χ1n) is 6.39. The summed E-state index contributed by atoms with van der Waals surface area (Å²) >= 11 is 0. The van der Waals surface area contributed by atoms with Crippen LogP contribution in [-0.2, 0) is 16.6 Å². The molecular weight excluding hydrogens is 264 g/mol. The van der Waals surface area contributed by atoms with E-state index in [-0.39, 0.29) is 10.3 Å². The summed E-state index contributed by atoms with van der Waals surface area (Å²) in [4.78, 5) is 0.228. The van der Waals surface area contributed by atoms with Gasteiger partial charge < -0.3 is 9.73 Å². The van der Waals surface area contributed by atoms with Crippen LogP contribution in [0.25, 0.3) is 0 Å². The Labute approximate surface area is 115 Å². The zero-order valence-electron chi connectivity index (χ0n) is 12.3. The van der Waals surface area contributed by atoms with E-state index in [1.54, 1.807) is 20.0 Å². The first kappa shape index (κ1) is 16.2. The van der Waals surface area contributed by atoms with Gasteiger partial charge in [0.2, 0.25) is 10.0 Å². The molecule has 0 spiro atoms. The molecular formula is C13H24N2O3S. The molecule has 0 saturated carbocycles. The second kappa shape index (κ2) is 6.07. The van der Waals surface area contributed by atoms with Gasteiger partial charge in [0.1, 0.15) is 16.4 Å². The maximum Gasteiger partial charge on any atom is 0.244 e. The highest BCUT2D eigenvalue weighted by Gasteiger charge is 2.21. The molecule has 0 aromatic carbocycles. The van der Waals surface area contributed by atoms with E-state index in [1.165, 1.54) is 0 Å². The van der Waals surface area contributed by atoms with Crippen molar-refractivity contribution in [1.29, 1.82) is 0 Å². The quantitative estimate of drug-likeness (QED) is 0.840. The fourth-order valence-electron chi connectivity index (χ4n) is 1.69. The lowest BCUT2D eigenvalue weighted by atomic mass is 9.93. The Bertz CT molecular complexity index is 512. The predicted molar refractivity (Wildman–Crippen MR) is 75.5 cm³/mol. The van der Waals surface area contributed by atoms with Crippen molar-refractivity contribution in [3.05, 3.63) is 17.6 Å². The Morgan fingerprint density at radius 2 is 1.95 bits per heavy atom. The number of hydrogen-bond acceptors (Lipinski definition) is 4. The minimum absolute atomic E-state index is 0.102. The predicted octanol–water partition coefficient (Wildman–Crippen LogP) is 2.02. The number of aryl methyl sites for hydroxylation is 1. The molecule has 0 radical (unpaired) electrons. The monoisotopic (exact) mass is 288 g/mol. The van der Waals surface area contributed by atoms with Crippen LogP contribution >= 0.6 is 0 Å². The SMILES string of the molecule is CNCc1cc(S(=O)(=O)NCCC(C)(C)C)c(C)o1. The fourth-order valence-corrected chi connectivity index (χ4v) is 2.92. The molecule has 0 unspecified atom stereocenters. The molecule has 1 rings (SSSR count). The summed E-state index contributed by atoms with van der Waals surface area (Å²) < 4.78 is 32.4. The van der Waals surface area contributed by atoms with E-state index >= 15 is 0 Å². The Hall–Kier alpha value is -0.850. The van der Waals surface area contributed by atoms with E-state index in [0.29, 0.717) is 24.6 Å². The largest absolute Gasteiger partial charge is 0.464 e. The van der Waals surface area contributed by atoms with Crippen molar-refractivity contribution in [2.24, 2.45) is 5.41 Å². The Kier molecular flexibility index (Phi) is 5.18. The maximum absolute atomic E-state index is 12.2. The van der Waals surface area contributed by atoms with Gasteiger partial charge in [-0.25, -0.2) is 13.1 Å². The first-order chi connectivity index (χ1) is 8.65. The van der Waals surface area contributed by atoms with Crippen molar-refractivity contribution in [2.45, 2.75) is 45.6 Å². The number of nitrogens with one attached hydrogen (secondary N) is 2. The number of hydrogen-bond donors (Lipinski definition) is 2. The minimum Gasteiger partial charge on any atom is -0.464 e. The summed E-state index contributed by atoms with van der Waals surface area (Å²) in [5.41, 5.74) is 0.102. The fraction of sp³-hybridized carbons (Fsp3) is 0.692.